The SMILES string of the molecule is COC(=O)[C@H](Cc1ccc2ccccc2c1)NC(=O)[C@H](Cc1ccc(F)cc1)NC(C)=O. The molecule has 32 heavy (non-hydrogen) atoms. The van der Waals surface area contributed by atoms with Gasteiger partial charge in [0.2, 0.25) is 11.8 Å². The van der Waals surface area contributed by atoms with Crippen LogP contribution in [0, 0.1) is 5.82 Å². The summed E-state index contributed by atoms with van der Waals surface area (Å²) in [6.45, 7) is 1.30. The van der Waals surface area contributed by atoms with Gasteiger partial charge in [0.1, 0.15) is 17.9 Å². The largest absolute Gasteiger partial charge is 0.467 e. The fourth-order valence-corrected chi connectivity index (χ4v) is 3.52. The molecule has 2 amide bonds. The second-order valence-corrected chi connectivity index (χ2v) is 7.55. The second kappa shape index (κ2) is 10.5. The van der Waals surface area contributed by atoms with Gasteiger partial charge >= 0.3 is 5.97 Å². The highest BCUT2D eigenvalue weighted by atomic mass is 19.1. The number of fused-ring (bicyclic) bond motifs is 1. The number of halogens is 1. The summed E-state index contributed by atoms with van der Waals surface area (Å²) in [6, 6.07) is 17.5. The molecule has 3 rings (SSSR count). The molecule has 3 aromatic carbocycles. The Morgan fingerprint density at radius 2 is 1.47 bits per heavy atom. The molecule has 0 unspecified atom stereocenters. The Balaban J connectivity index is 1.77. The summed E-state index contributed by atoms with van der Waals surface area (Å²) in [6.07, 6.45) is 0.377. The van der Waals surface area contributed by atoms with E-state index in [0.717, 1.165) is 16.3 Å². The van der Waals surface area contributed by atoms with Crippen molar-refractivity contribution in [1.82, 2.24) is 10.6 Å². The molecule has 3 aromatic rings. The molecule has 0 aliphatic heterocycles. The molecule has 0 saturated heterocycles. The van der Waals surface area contributed by atoms with Gasteiger partial charge in [0.15, 0.2) is 0 Å². The summed E-state index contributed by atoms with van der Waals surface area (Å²) in [5.74, 6) is -1.90. The van der Waals surface area contributed by atoms with Crippen molar-refractivity contribution in [2.24, 2.45) is 0 Å². The van der Waals surface area contributed by atoms with E-state index < -0.39 is 35.7 Å². The molecule has 0 heterocycles. The van der Waals surface area contributed by atoms with E-state index in [-0.39, 0.29) is 12.8 Å². The lowest BCUT2D eigenvalue weighted by Gasteiger charge is -2.22. The molecular formula is C25H25FN2O4. The first-order valence-corrected chi connectivity index (χ1v) is 10.2. The van der Waals surface area contributed by atoms with Crippen molar-refractivity contribution in [2.75, 3.05) is 7.11 Å². The van der Waals surface area contributed by atoms with Gasteiger partial charge < -0.3 is 15.4 Å². The monoisotopic (exact) mass is 436 g/mol. The number of nitrogens with one attached hydrogen (secondary N) is 2. The Morgan fingerprint density at radius 3 is 2.12 bits per heavy atom. The van der Waals surface area contributed by atoms with Crippen molar-refractivity contribution >= 4 is 28.6 Å². The predicted octanol–water partition coefficient (Wildman–Crippen LogP) is 2.93. The second-order valence-electron chi connectivity index (χ2n) is 7.55. The van der Waals surface area contributed by atoms with Gasteiger partial charge in [-0.1, -0.05) is 54.6 Å². The molecule has 166 valence electrons. The Kier molecular flexibility index (Phi) is 7.54. The van der Waals surface area contributed by atoms with E-state index in [0.29, 0.717) is 5.56 Å². The lowest BCUT2D eigenvalue weighted by Crippen LogP contribution is -2.53. The summed E-state index contributed by atoms with van der Waals surface area (Å²) in [4.78, 5) is 37.0. The minimum atomic E-state index is -0.932. The highest BCUT2D eigenvalue weighted by molar-refractivity contribution is 5.91. The summed E-state index contributed by atoms with van der Waals surface area (Å²) in [5, 5.41) is 7.39. The van der Waals surface area contributed by atoms with Crippen molar-refractivity contribution < 1.29 is 23.5 Å². The fraction of sp³-hybridized carbons (Fsp3) is 0.240. The van der Waals surface area contributed by atoms with Crippen LogP contribution >= 0.6 is 0 Å². The minimum Gasteiger partial charge on any atom is -0.467 e. The molecular weight excluding hydrogens is 411 g/mol. The number of benzene rings is 3. The van der Waals surface area contributed by atoms with Gasteiger partial charge in [-0.05, 0) is 34.0 Å². The van der Waals surface area contributed by atoms with E-state index in [2.05, 4.69) is 10.6 Å². The zero-order chi connectivity index (χ0) is 23.1. The lowest BCUT2D eigenvalue weighted by atomic mass is 10.0. The van der Waals surface area contributed by atoms with Crippen molar-refractivity contribution in [1.29, 1.82) is 0 Å². The molecule has 0 fully saturated rings. The molecule has 0 aromatic heterocycles. The smallest absolute Gasteiger partial charge is 0.328 e. The number of carbonyl (C=O) groups is 3. The van der Waals surface area contributed by atoms with Gasteiger partial charge in [-0.15, -0.1) is 0 Å². The van der Waals surface area contributed by atoms with Crippen LogP contribution in [0.1, 0.15) is 18.1 Å². The van der Waals surface area contributed by atoms with E-state index in [9.17, 15) is 18.8 Å². The summed E-state index contributed by atoms with van der Waals surface area (Å²) in [5.41, 5.74) is 1.53. The Hall–Kier alpha value is -3.74. The van der Waals surface area contributed by atoms with Gasteiger partial charge in [-0.3, -0.25) is 9.59 Å². The number of amides is 2. The van der Waals surface area contributed by atoms with Gasteiger partial charge in [-0.2, -0.15) is 0 Å². The third-order valence-corrected chi connectivity index (χ3v) is 5.10. The van der Waals surface area contributed by atoms with Gasteiger partial charge in [-0.25, -0.2) is 9.18 Å². The number of hydrogen-bond donors (Lipinski definition) is 2. The van der Waals surface area contributed by atoms with Crippen LogP contribution < -0.4 is 10.6 Å². The van der Waals surface area contributed by atoms with Crippen LogP contribution in [0.25, 0.3) is 10.8 Å². The normalized spacial score (nSPS) is 12.6. The summed E-state index contributed by atoms with van der Waals surface area (Å²) >= 11 is 0. The van der Waals surface area contributed by atoms with Gasteiger partial charge in [0.25, 0.3) is 0 Å². The van der Waals surface area contributed by atoms with Gasteiger partial charge in [0, 0.05) is 19.8 Å². The zero-order valence-electron chi connectivity index (χ0n) is 17.9. The van der Waals surface area contributed by atoms with Crippen LogP contribution in [0.3, 0.4) is 0 Å². The average Bonchev–Trinajstić information content (AvgIpc) is 2.78. The maximum Gasteiger partial charge on any atom is 0.328 e. The number of ether oxygens (including phenoxy) is 1. The molecule has 0 spiro atoms. The fourth-order valence-electron chi connectivity index (χ4n) is 3.52. The standard InChI is InChI=1S/C25H25FN2O4/c1-16(29)27-22(14-17-8-11-21(26)12-9-17)24(30)28-23(25(31)32-2)15-18-7-10-19-5-3-4-6-20(19)13-18/h3-13,22-23H,14-15H2,1-2H3,(H,27,29)(H,28,30)/t22-,23-/m0/s1. The molecule has 2 atom stereocenters. The number of hydrogen-bond acceptors (Lipinski definition) is 4. The highest BCUT2D eigenvalue weighted by Crippen LogP contribution is 2.17. The van der Waals surface area contributed by atoms with E-state index >= 15 is 0 Å². The van der Waals surface area contributed by atoms with Crippen LogP contribution in [-0.4, -0.2) is 37.0 Å². The topological polar surface area (TPSA) is 84.5 Å². The lowest BCUT2D eigenvalue weighted by molar-refractivity contribution is -0.145. The van der Waals surface area contributed by atoms with E-state index in [1.165, 1.54) is 26.2 Å². The summed E-state index contributed by atoms with van der Waals surface area (Å²) < 4.78 is 18.1. The molecule has 7 heteroatoms. The van der Waals surface area contributed by atoms with Crippen LogP contribution in [0.2, 0.25) is 0 Å². The van der Waals surface area contributed by atoms with E-state index in [1.54, 1.807) is 12.1 Å². The van der Waals surface area contributed by atoms with E-state index in [4.69, 9.17) is 4.74 Å². The van der Waals surface area contributed by atoms with Crippen LogP contribution in [-0.2, 0) is 32.0 Å². The molecule has 2 N–H and O–H groups in total. The maximum atomic E-state index is 13.2. The maximum absolute atomic E-state index is 13.2. The first kappa shape index (κ1) is 22.9. The van der Waals surface area contributed by atoms with Crippen molar-refractivity contribution in [3.05, 3.63) is 83.7 Å². The first-order valence-electron chi connectivity index (χ1n) is 10.2. The third-order valence-electron chi connectivity index (χ3n) is 5.10. The molecule has 0 radical (unpaired) electrons. The quantitative estimate of drug-likeness (QED) is 0.532. The molecule has 0 bridgehead atoms. The minimum absolute atomic E-state index is 0.148. The Labute approximate surface area is 185 Å². The van der Waals surface area contributed by atoms with Crippen molar-refractivity contribution in [2.45, 2.75) is 31.8 Å². The van der Waals surface area contributed by atoms with Crippen molar-refractivity contribution in [3.63, 3.8) is 0 Å². The average molecular weight is 436 g/mol. The van der Waals surface area contributed by atoms with E-state index in [1.807, 2.05) is 42.5 Å². The molecule has 0 aliphatic carbocycles. The van der Waals surface area contributed by atoms with Crippen LogP contribution in [0.15, 0.2) is 66.7 Å². The number of carbonyl (C=O) groups excluding carboxylic acids is 3. The molecule has 0 aliphatic rings. The molecule has 6 nitrogen and oxygen atoms in total. The van der Waals surface area contributed by atoms with Gasteiger partial charge in [0.05, 0.1) is 7.11 Å². The zero-order valence-corrected chi connectivity index (χ0v) is 17.9. The third kappa shape index (κ3) is 6.14. The summed E-state index contributed by atoms with van der Waals surface area (Å²) in [7, 11) is 1.26. The molecule has 0 saturated carbocycles. The van der Waals surface area contributed by atoms with Crippen LogP contribution in [0.4, 0.5) is 4.39 Å². The highest BCUT2D eigenvalue weighted by Gasteiger charge is 2.27. The van der Waals surface area contributed by atoms with Crippen LogP contribution in [0.5, 0.6) is 0 Å². The number of rotatable bonds is 8. The number of methoxy groups -OCH3 is 1. The predicted molar refractivity (Wildman–Crippen MR) is 119 cm³/mol. The number of esters is 1. The Bertz CT molecular complexity index is 1110. The van der Waals surface area contributed by atoms with Crippen molar-refractivity contribution in [3.8, 4) is 0 Å². The first-order chi connectivity index (χ1) is 15.4. The Morgan fingerprint density at radius 1 is 0.844 bits per heavy atom.